The Morgan fingerprint density at radius 3 is 2.29 bits per heavy atom. The summed E-state index contributed by atoms with van der Waals surface area (Å²) in [6.07, 6.45) is 0.772. The van der Waals surface area contributed by atoms with Crippen molar-refractivity contribution in [2.75, 3.05) is 13.2 Å². The van der Waals surface area contributed by atoms with E-state index in [1.807, 2.05) is 5.32 Å². The van der Waals surface area contributed by atoms with Crippen LogP contribution in [-0.4, -0.2) is 43.1 Å². The van der Waals surface area contributed by atoms with Gasteiger partial charge >= 0.3 is 12.0 Å². The standard InChI is InChI=1S/C19H27N3O6/c1-4-5-10-27-14-8-6-13(7-9-14)17(24)21-11-15(23)28-16(12(2)3)18(25)22-19(20)26/h6-9,12,16H,4-5,10-11H2,1-3H3,(H,21,24)(H3,20,22,25,26)/t16-/m1/s1. The molecule has 0 saturated carbocycles. The minimum absolute atomic E-state index is 0.350. The normalized spacial score (nSPS) is 11.4. The zero-order valence-corrected chi connectivity index (χ0v) is 16.3. The van der Waals surface area contributed by atoms with E-state index in [9.17, 15) is 19.2 Å². The molecule has 154 valence electrons. The second kappa shape index (κ2) is 11.6. The number of nitrogens with one attached hydrogen (secondary N) is 2. The topological polar surface area (TPSA) is 137 Å². The molecule has 0 fully saturated rings. The van der Waals surface area contributed by atoms with E-state index in [-0.39, 0.29) is 5.92 Å². The monoisotopic (exact) mass is 393 g/mol. The Hall–Kier alpha value is -3.10. The number of hydrogen-bond acceptors (Lipinski definition) is 6. The van der Waals surface area contributed by atoms with E-state index >= 15 is 0 Å². The minimum Gasteiger partial charge on any atom is -0.494 e. The first kappa shape index (κ1) is 22.9. The number of carbonyl (C=O) groups is 4. The molecular formula is C19H27N3O6. The first-order valence-corrected chi connectivity index (χ1v) is 9.05. The molecule has 0 saturated heterocycles. The average Bonchev–Trinajstić information content (AvgIpc) is 2.64. The van der Waals surface area contributed by atoms with Crippen molar-refractivity contribution in [1.29, 1.82) is 0 Å². The fraction of sp³-hybridized carbons (Fsp3) is 0.474. The molecular weight excluding hydrogens is 366 g/mol. The van der Waals surface area contributed by atoms with Crippen molar-refractivity contribution < 1.29 is 28.7 Å². The third-order valence-electron chi connectivity index (χ3n) is 3.65. The summed E-state index contributed by atoms with van der Waals surface area (Å²) in [5.74, 6) is -1.84. The average molecular weight is 393 g/mol. The van der Waals surface area contributed by atoms with E-state index in [4.69, 9.17) is 15.2 Å². The van der Waals surface area contributed by atoms with E-state index in [0.29, 0.717) is 17.9 Å². The number of carbonyl (C=O) groups excluding carboxylic acids is 4. The first-order chi connectivity index (χ1) is 13.2. The largest absolute Gasteiger partial charge is 0.494 e. The first-order valence-electron chi connectivity index (χ1n) is 9.05. The highest BCUT2D eigenvalue weighted by Gasteiger charge is 2.27. The molecule has 1 aromatic rings. The number of benzene rings is 1. The lowest BCUT2D eigenvalue weighted by Gasteiger charge is -2.19. The molecule has 4 amide bonds. The van der Waals surface area contributed by atoms with Crippen LogP contribution in [0.15, 0.2) is 24.3 Å². The molecule has 0 spiro atoms. The third-order valence-corrected chi connectivity index (χ3v) is 3.65. The van der Waals surface area contributed by atoms with Crippen molar-refractivity contribution >= 4 is 23.8 Å². The van der Waals surface area contributed by atoms with Gasteiger partial charge in [0.25, 0.3) is 11.8 Å². The van der Waals surface area contributed by atoms with Gasteiger partial charge in [0.1, 0.15) is 12.3 Å². The van der Waals surface area contributed by atoms with E-state index in [1.54, 1.807) is 38.1 Å². The minimum atomic E-state index is -1.20. The van der Waals surface area contributed by atoms with Crippen LogP contribution in [0, 0.1) is 5.92 Å². The molecule has 0 aliphatic rings. The van der Waals surface area contributed by atoms with Gasteiger partial charge in [0.15, 0.2) is 6.10 Å². The van der Waals surface area contributed by atoms with Gasteiger partial charge in [-0.05, 0) is 36.6 Å². The molecule has 0 heterocycles. The summed E-state index contributed by atoms with van der Waals surface area (Å²) in [7, 11) is 0. The Bertz CT molecular complexity index is 687. The van der Waals surface area contributed by atoms with Crippen molar-refractivity contribution in [3.63, 3.8) is 0 Å². The van der Waals surface area contributed by atoms with Gasteiger partial charge in [-0.2, -0.15) is 0 Å². The van der Waals surface area contributed by atoms with Gasteiger partial charge in [0.2, 0.25) is 0 Å². The maximum absolute atomic E-state index is 12.1. The Labute approximate surface area is 163 Å². The molecule has 1 rings (SSSR count). The fourth-order valence-electron chi connectivity index (χ4n) is 2.16. The number of unbranched alkanes of at least 4 members (excludes halogenated alkanes) is 1. The molecule has 9 heteroatoms. The maximum Gasteiger partial charge on any atom is 0.326 e. The highest BCUT2D eigenvalue weighted by atomic mass is 16.5. The van der Waals surface area contributed by atoms with Gasteiger partial charge < -0.3 is 20.5 Å². The van der Waals surface area contributed by atoms with Crippen LogP contribution >= 0.6 is 0 Å². The summed E-state index contributed by atoms with van der Waals surface area (Å²) < 4.78 is 10.6. The van der Waals surface area contributed by atoms with E-state index in [2.05, 4.69) is 12.2 Å². The van der Waals surface area contributed by atoms with Crippen molar-refractivity contribution in [2.45, 2.75) is 39.7 Å². The number of esters is 1. The molecule has 28 heavy (non-hydrogen) atoms. The molecule has 0 aliphatic heterocycles. The van der Waals surface area contributed by atoms with Crippen LogP contribution in [0.1, 0.15) is 44.0 Å². The Morgan fingerprint density at radius 2 is 1.75 bits per heavy atom. The number of rotatable bonds is 10. The molecule has 0 aromatic heterocycles. The molecule has 1 atom stereocenters. The van der Waals surface area contributed by atoms with Gasteiger partial charge in [-0.25, -0.2) is 4.79 Å². The fourth-order valence-corrected chi connectivity index (χ4v) is 2.16. The highest BCUT2D eigenvalue weighted by molar-refractivity contribution is 5.98. The number of hydrogen-bond donors (Lipinski definition) is 3. The van der Waals surface area contributed by atoms with Gasteiger partial charge in [0.05, 0.1) is 6.61 Å². The number of nitrogens with two attached hydrogens (primary N) is 1. The third kappa shape index (κ3) is 8.07. The van der Waals surface area contributed by atoms with E-state index < -0.39 is 36.5 Å². The Kier molecular flexibility index (Phi) is 9.49. The van der Waals surface area contributed by atoms with Crippen LogP contribution in [0.3, 0.4) is 0 Å². The van der Waals surface area contributed by atoms with Crippen LogP contribution in [-0.2, 0) is 14.3 Å². The van der Waals surface area contributed by atoms with Crippen LogP contribution < -0.4 is 21.1 Å². The smallest absolute Gasteiger partial charge is 0.326 e. The molecule has 0 unspecified atom stereocenters. The van der Waals surface area contributed by atoms with Crippen LogP contribution in [0.25, 0.3) is 0 Å². The zero-order valence-electron chi connectivity index (χ0n) is 16.3. The number of amides is 4. The lowest BCUT2D eigenvalue weighted by Crippen LogP contribution is -2.46. The summed E-state index contributed by atoms with van der Waals surface area (Å²) in [4.78, 5) is 46.7. The van der Waals surface area contributed by atoms with Gasteiger partial charge in [0, 0.05) is 5.56 Å². The lowest BCUT2D eigenvalue weighted by atomic mass is 10.1. The summed E-state index contributed by atoms with van der Waals surface area (Å²) >= 11 is 0. The lowest BCUT2D eigenvalue weighted by molar-refractivity contribution is -0.157. The number of urea groups is 1. The summed E-state index contributed by atoms with van der Waals surface area (Å²) in [5, 5.41) is 4.28. The predicted octanol–water partition coefficient (Wildman–Crippen LogP) is 1.36. The molecule has 1 aromatic carbocycles. The Morgan fingerprint density at radius 1 is 1.11 bits per heavy atom. The number of ether oxygens (including phenoxy) is 2. The van der Waals surface area contributed by atoms with Crippen molar-refractivity contribution in [3.8, 4) is 5.75 Å². The molecule has 4 N–H and O–H groups in total. The summed E-state index contributed by atoms with van der Waals surface area (Å²) in [6.45, 7) is 5.52. The van der Waals surface area contributed by atoms with E-state index in [0.717, 1.165) is 12.8 Å². The predicted molar refractivity (Wildman–Crippen MR) is 102 cm³/mol. The van der Waals surface area contributed by atoms with Crippen LogP contribution in [0.4, 0.5) is 4.79 Å². The SMILES string of the molecule is CCCCOc1ccc(C(=O)NCC(=O)O[C@@H](C(=O)NC(N)=O)C(C)C)cc1. The maximum atomic E-state index is 12.1. The van der Waals surface area contributed by atoms with Gasteiger partial charge in [-0.1, -0.05) is 27.2 Å². The van der Waals surface area contributed by atoms with Crippen molar-refractivity contribution in [1.82, 2.24) is 10.6 Å². The second-order valence-electron chi connectivity index (χ2n) is 6.42. The van der Waals surface area contributed by atoms with Gasteiger partial charge in [-0.15, -0.1) is 0 Å². The number of imide groups is 1. The van der Waals surface area contributed by atoms with Gasteiger partial charge in [-0.3, -0.25) is 19.7 Å². The molecule has 0 aliphatic carbocycles. The van der Waals surface area contributed by atoms with Crippen LogP contribution in [0.5, 0.6) is 5.75 Å². The van der Waals surface area contributed by atoms with Crippen molar-refractivity contribution in [3.05, 3.63) is 29.8 Å². The second-order valence-corrected chi connectivity index (χ2v) is 6.42. The molecule has 9 nitrogen and oxygen atoms in total. The molecule has 0 bridgehead atoms. The van der Waals surface area contributed by atoms with E-state index in [1.165, 1.54) is 0 Å². The summed E-state index contributed by atoms with van der Waals surface area (Å²) in [6, 6.07) is 5.47. The van der Waals surface area contributed by atoms with Crippen LogP contribution in [0.2, 0.25) is 0 Å². The molecule has 0 radical (unpaired) electrons. The zero-order chi connectivity index (χ0) is 21.1. The number of primary amides is 1. The van der Waals surface area contributed by atoms with Crippen molar-refractivity contribution in [2.24, 2.45) is 11.7 Å². The quantitative estimate of drug-likeness (QED) is 0.405. The highest BCUT2D eigenvalue weighted by Crippen LogP contribution is 2.13. The Balaban J connectivity index is 2.53. The summed E-state index contributed by atoms with van der Waals surface area (Å²) in [5.41, 5.74) is 5.24.